The van der Waals surface area contributed by atoms with E-state index in [2.05, 4.69) is 10.4 Å². The molecule has 0 spiro atoms. The van der Waals surface area contributed by atoms with Crippen LogP contribution in [0.25, 0.3) is 0 Å². The molecule has 0 unspecified atom stereocenters. The van der Waals surface area contributed by atoms with E-state index in [9.17, 15) is 13.6 Å². The van der Waals surface area contributed by atoms with Crippen molar-refractivity contribution >= 4 is 11.6 Å². The molecule has 0 fully saturated rings. The molecule has 5 nitrogen and oxygen atoms in total. The predicted octanol–water partition coefficient (Wildman–Crippen LogP) is 3.67. The zero-order valence-corrected chi connectivity index (χ0v) is 13.2. The van der Waals surface area contributed by atoms with Crippen molar-refractivity contribution in [2.24, 2.45) is 0 Å². The van der Waals surface area contributed by atoms with Crippen LogP contribution in [0.1, 0.15) is 47.5 Å². The molecule has 1 N–H and O–H groups in total. The maximum atomic E-state index is 13.1. The Morgan fingerprint density at radius 2 is 2.00 bits per heavy atom. The number of hydrogen-bond acceptors (Lipinski definition) is 2. The van der Waals surface area contributed by atoms with Crippen molar-refractivity contribution in [1.82, 2.24) is 14.3 Å². The summed E-state index contributed by atoms with van der Waals surface area (Å²) >= 11 is 0. The summed E-state index contributed by atoms with van der Waals surface area (Å²) < 4.78 is 28.6. The van der Waals surface area contributed by atoms with Gasteiger partial charge in [-0.25, -0.2) is 0 Å². The Morgan fingerprint density at radius 1 is 1.32 bits per heavy atom. The van der Waals surface area contributed by atoms with Gasteiger partial charge in [0.1, 0.15) is 5.69 Å². The lowest BCUT2D eigenvalue weighted by molar-refractivity contribution is 0.0632. The number of carbonyl (C=O) groups excluding carboxylic acids is 1. The van der Waals surface area contributed by atoms with Gasteiger partial charge in [-0.05, 0) is 39.3 Å². The number of rotatable bonds is 5. The molecule has 0 aliphatic rings. The molecule has 2 aromatic rings. The number of anilines is 1. The van der Waals surface area contributed by atoms with E-state index in [0.29, 0.717) is 17.1 Å². The highest BCUT2D eigenvalue weighted by Gasteiger charge is 2.21. The molecule has 2 aromatic heterocycles. The van der Waals surface area contributed by atoms with E-state index in [-0.39, 0.29) is 5.69 Å². The Morgan fingerprint density at radius 3 is 2.59 bits per heavy atom. The van der Waals surface area contributed by atoms with Gasteiger partial charge in [0.05, 0.1) is 17.1 Å². The van der Waals surface area contributed by atoms with Crippen molar-refractivity contribution in [1.29, 1.82) is 0 Å². The lowest BCUT2D eigenvalue weighted by Gasteiger charge is -2.11. The van der Waals surface area contributed by atoms with Crippen LogP contribution in [0.4, 0.5) is 14.5 Å². The van der Waals surface area contributed by atoms with Gasteiger partial charge in [0, 0.05) is 12.2 Å². The minimum Gasteiger partial charge on any atom is -0.318 e. The van der Waals surface area contributed by atoms with Gasteiger partial charge < -0.3 is 5.32 Å². The normalized spacial score (nSPS) is 11.2. The third kappa shape index (κ3) is 2.88. The van der Waals surface area contributed by atoms with Crippen LogP contribution in [-0.4, -0.2) is 20.3 Å². The van der Waals surface area contributed by atoms with E-state index in [4.69, 9.17) is 0 Å². The van der Waals surface area contributed by atoms with Crippen molar-refractivity contribution in [2.45, 2.75) is 47.2 Å². The predicted molar refractivity (Wildman–Crippen MR) is 80.4 cm³/mol. The monoisotopic (exact) mass is 310 g/mol. The van der Waals surface area contributed by atoms with Crippen molar-refractivity contribution < 1.29 is 13.6 Å². The van der Waals surface area contributed by atoms with Gasteiger partial charge >= 0.3 is 6.55 Å². The zero-order valence-electron chi connectivity index (χ0n) is 13.2. The molecule has 0 aliphatic heterocycles. The van der Waals surface area contributed by atoms with Crippen LogP contribution in [0, 0.1) is 20.8 Å². The van der Waals surface area contributed by atoms with Crippen molar-refractivity contribution in [3.05, 3.63) is 34.9 Å². The lowest BCUT2D eigenvalue weighted by Crippen LogP contribution is -2.19. The number of aryl methyl sites for hydroxylation is 3. The fourth-order valence-electron chi connectivity index (χ4n) is 2.48. The number of carbonyl (C=O) groups is 1. The van der Waals surface area contributed by atoms with Crippen LogP contribution in [-0.2, 0) is 6.54 Å². The van der Waals surface area contributed by atoms with E-state index in [1.807, 2.05) is 18.5 Å². The number of alkyl halides is 2. The second-order valence-electron chi connectivity index (χ2n) is 5.23. The number of aromatic nitrogens is 3. The number of nitrogens with one attached hydrogen (secondary N) is 1. The smallest absolute Gasteiger partial charge is 0.318 e. The molecule has 0 atom stereocenters. The van der Waals surface area contributed by atoms with Crippen LogP contribution < -0.4 is 5.32 Å². The average Bonchev–Trinajstić information content (AvgIpc) is 2.95. The zero-order chi connectivity index (χ0) is 16.4. The quantitative estimate of drug-likeness (QED) is 0.916. The lowest BCUT2D eigenvalue weighted by atomic mass is 10.3. The number of hydrogen-bond donors (Lipinski definition) is 1. The van der Waals surface area contributed by atoms with Gasteiger partial charge in [-0.3, -0.25) is 14.0 Å². The summed E-state index contributed by atoms with van der Waals surface area (Å²) in [4.78, 5) is 12.3. The van der Waals surface area contributed by atoms with E-state index < -0.39 is 12.5 Å². The summed E-state index contributed by atoms with van der Waals surface area (Å²) in [5.74, 6) is -0.560. The first-order valence-corrected chi connectivity index (χ1v) is 7.18. The molecule has 2 rings (SSSR count). The fraction of sp³-hybridized carbons (Fsp3) is 0.467. The van der Waals surface area contributed by atoms with Crippen molar-refractivity contribution in [3.63, 3.8) is 0 Å². The Kier molecular flexibility index (Phi) is 4.63. The van der Waals surface area contributed by atoms with Gasteiger partial charge in [-0.1, -0.05) is 6.92 Å². The molecule has 0 aromatic carbocycles. The maximum Gasteiger partial charge on any atom is 0.319 e. The molecule has 7 heteroatoms. The molecule has 0 saturated carbocycles. The van der Waals surface area contributed by atoms with Crippen molar-refractivity contribution in [3.8, 4) is 0 Å². The SMILES string of the molecule is CCCn1nc(C)c(NC(=O)c2ccc(C)n2C(F)F)c1C. The Hall–Kier alpha value is -2.18. The molecular weight excluding hydrogens is 290 g/mol. The molecule has 120 valence electrons. The van der Waals surface area contributed by atoms with Gasteiger partial charge in [-0.2, -0.15) is 13.9 Å². The largest absolute Gasteiger partial charge is 0.319 e. The van der Waals surface area contributed by atoms with Gasteiger partial charge in [0.25, 0.3) is 5.91 Å². The number of halogens is 2. The summed E-state index contributed by atoms with van der Waals surface area (Å²) in [7, 11) is 0. The highest BCUT2D eigenvalue weighted by molar-refractivity contribution is 6.04. The Labute approximate surface area is 127 Å². The second kappa shape index (κ2) is 6.29. The van der Waals surface area contributed by atoms with Crippen LogP contribution >= 0.6 is 0 Å². The first-order chi connectivity index (χ1) is 10.4. The first-order valence-electron chi connectivity index (χ1n) is 7.18. The van der Waals surface area contributed by atoms with Crippen LogP contribution in [0.15, 0.2) is 12.1 Å². The second-order valence-corrected chi connectivity index (χ2v) is 5.23. The standard InChI is InChI=1S/C15H20F2N4O/c1-5-8-20-11(4)13(10(3)19-20)18-14(22)12-7-6-9(2)21(12)15(16)17/h6-7,15H,5,8H2,1-4H3,(H,18,22). The maximum absolute atomic E-state index is 13.1. The van der Waals surface area contributed by atoms with E-state index in [0.717, 1.165) is 23.2 Å². The highest BCUT2D eigenvalue weighted by Crippen LogP contribution is 2.23. The topological polar surface area (TPSA) is 51.9 Å². The number of nitrogens with zero attached hydrogens (tertiary/aromatic N) is 3. The van der Waals surface area contributed by atoms with Crippen LogP contribution in [0.3, 0.4) is 0 Å². The highest BCUT2D eigenvalue weighted by atomic mass is 19.3. The van der Waals surface area contributed by atoms with E-state index in [1.165, 1.54) is 12.1 Å². The molecule has 2 heterocycles. The Bertz CT molecular complexity index is 688. The first kappa shape index (κ1) is 16.2. The van der Waals surface area contributed by atoms with Crippen LogP contribution in [0.2, 0.25) is 0 Å². The fourth-order valence-corrected chi connectivity index (χ4v) is 2.48. The van der Waals surface area contributed by atoms with Gasteiger partial charge in [0.2, 0.25) is 0 Å². The van der Waals surface area contributed by atoms with E-state index >= 15 is 0 Å². The summed E-state index contributed by atoms with van der Waals surface area (Å²) in [6.07, 6.45) is 0.919. The molecule has 0 radical (unpaired) electrons. The third-order valence-electron chi connectivity index (χ3n) is 3.61. The summed E-state index contributed by atoms with van der Waals surface area (Å²) in [5.41, 5.74) is 2.36. The van der Waals surface area contributed by atoms with Crippen molar-refractivity contribution in [2.75, 3.05) is 5.32 Å². The minimum absolute atomic E-state index is 0.0606. The minimum atomic E-state index is -2.75. The summed E-state index contributed by atoms with van der Waals surface area (Å²) in [6, 6.07) is 2.90. The number of amides is 1. The van der Waals surface area contributed by atoms with E-state index in [1.54, 1.807) is 13.8 Å². The van der Waals surface area contributed by atoms with Gasteiger partial charge in [0.15, 0.2) is 0 Å². The molecule has 1 amide bonds. The Balaban J connectivity index is 2.30. The molecule has 0 bridgehead atoms. The molecule has 0 aliphatic carbocycles. The molecular formula is C15H20F2N4O. The summed E-state index contributed by atoms with van der Waals surface area (Å²) in [6.45, 7) is 5.20. The molecule has 0 saturated heterocycles. The molecule has 22 heavy (non-hydrogen) atoms. The average molecular weight is 310 g/mol. The van der Waals surface area contributed by atoms with Crippen LogP contribution in [0.5, 0.6) is 0 Å². The van der Waals surface area contributed by atoms with Gasteiger partial charge in [-0.15, -0.1) is 0 Å². The summed E-state index contributed by atoms with van der Waals surface area (Å²) in [5, 5.41) is 7.06. The third-order valence-corrected chi connectivity index (χ3v) is 3.61.